The normalized spacial score (nSPS) is 25.8. The zero-order valence-electron chi connectivity index (χ0n) is 13.7. The van der Waals surface area contributed by atoms with E-state index < -0.39 is 0 Å². The average Bonchev–Trinajstić information content (AvgIpc) is 2.55. The first kappa shape index (κ1) is 14.5. The van der Waals surface area contributed by atoms with Crippen molar-refractivity contribution in [2.75, 3.05) is 6.54 Å². The molecule has 1 aliphatic carbocycles. The monoisotopic (exact) mass is 305 g/mol. The van der Waals surface area contributed by atoms with Crippen LogP contribution in [0, 0.1) is 5.41 Å². The predicted octanol–water partition coefficient (Wildman–Crippen LogP) is 4.16. The number of fused-ring (bicyclic) bond motifs is 4. The number of nitrogens with zero attached hydrogens (tertiary/aromatic N) is 1. The topological polar surface area (TPSA) is 20.3 Å². The molecule has 1 fully saturated rings. The highest BCUT2D eigenvalue weighted by Gasteiger charge is 2.45. The Bertz CT molecular complexity index is 724. The molecule has 2 atom stereocenters. The van der Waals surface area contributed by atoms with Crippen LogP contribution in [0.4, 0.5) is 0 Å². The van der Waals surface area contributed by atoms with Crippen LogP contribution in [0.3, 0.4) is 0 Å². The summed E-state index contributed by atoms with van der Waals surface area (Å²) in [6, 6.07) is 19.8. The molecule has 2 aromatic carbocycles. The van der Waals surface area contributed by atoms with Crippen molar-refractivity contribution in [1.82, 2.24) is 4.90 Å². The molecular formula is C21H23NO. The third kappa shape index (κ3) is 2.56. The Labute approximate surface area is 138 Å². The van der Waals surface area contributed by atoms with Gasteiger partial charge in [-0.25, -0.2) is 0 Å². The molecule has 0 spiro atoms. The Hall–Kier alpha value is -2.09. The van der Waals surface area contributed by atoms with Crippen molar-refractivity contribution >= 4 is 5.91 Å². The molecule has 1 aliphatic heterocycles. The number of carbonyl (C=O) groups excluding carboxylic acids is 1. The van der Waals surface area contributed by atoms with E-state index >= 15 is 0 Å². The van der Waals surface area contributed by atoms with Gasteiger partial charge in [0.1, 0.15) is 0 Å². The quantitative estimate of drug-likeness (QED) is 0.816. The molecule has 1 saturated heterocycles. The van der Waals surface area contributed by atoms with Crippen molar-refractivity contribution in [2.45, 2.75) is 38.6 Å². The van der Waals surface area contributed by atoms with E-state index in [1.807, 2.05) is 0 Å². The Kier molecular flexibility index (Phi) is 3.48. The number of carbonyl (C=O) groups is 1. The molecule has 2 aromatic rings. The number of piperidine rings is 1. The third-order valence-corrected chi connectivity index (χ3v) is 5.69. The summed E-state index contributed by atoms with van der Waals surface area (Å²) in [5, 5.41) is 0. The van der Waals surface area contributed by atoms with Gasteiger partial charge in [-0.1, -0.05) is 54.6 Å². The summed E-state index contributed by atoms with van der Waals surface area (Å²) in [4.78, 5) is 14.2. The van der Waals surface area contributed by atoms with Crippen LogP contribution in [0.2, 0.25) is 0 Å². The molecule has 1 amide bonds. The van der Waals surface area contributed by atoms with Gasteiger partial charge in [0.15, 0.2) is 0 Å². The van der Waals surface area contributed by atoms with Gasteiger partial charge in [0, 0.05) is 13.5 Å². The molecule has 2 bridgehead atoms. The van der Waals surface area contributed by atoms with Gasteiger partial charge in [-0.15, -0.1) is 0 Å². The Morgan fingerprint density at radius 1 is 1.13 bits per heavy atom. The first-order valence-electron chi connectivity index (χ1n) is 8.56. The first-order valence-corrected chi connectivity index (χ1v) is 8.56. The van der Waals surface area contributed by atoms with Crippen molar-refractivity contribution in [3.05, 3.63) is 71.3 Å². The van der Waals surface area contributed by atoms with Crippen LogP contribution in [0.1, 0.15) is 42.5 Å². The second-order valence-corrected chi connectivity index (χ2v) is 7.22. The molecule has 118 valence electrons. The van der Waals surface area contributed by atoms with E-state index in [9.17, 15) is 4.79 Å². The minimum Gasteiger partial charge on any atom is -0.336 e. The van der Waals surface area contributed by atoms with Crippen molar-refractivity contribution in [2.24, 2.45) is 5.41 Å². The lowest BCUT2D eigenvalue weighted by molar-refractivity contribution is -0.135. The van der Waals surface area contributed by atoms with Gasteiger partial charge < -0.3 is 4.90 Å². The van der Waals surface area contributed by atoms with Crippen molar-refractivity contribution in [1.29, 1.82) is 0 Å². The van der Waals surface area contributed by atoms with E-state index in [0.29, 0.717) is 5.41 Å². The summed E-state index contributed by atoms with van der Waals surface area (Å²) in [7, 11) is 0. The minimum absolute atomic E-state index is 0.208. The second-order valence-electron chi connectivity index (χ2n) is 7.22. The minimum atomic E-state index is 0.208. The highest BCUT2D eigenvalue weighted by Crippen LogP contribution is 2.51. The molecule has 4 rings (SSSR count). The number of hydrogen-bond donors (Lipinski definition) is 0. The van der Waals surface area contributed by atoms with Gasteiger partial charge in [0.05, 0.1) is 6.04 Å². The highest BCUT2D eigenvalue weighted by molar-refractivity contribution is 5.74. The number of benzene rings is 2. The summed E-state index contributed by atoms with van der Waals surface area (Å²) in [6.45, 7) is 2.60. The van der Waals surface area contributed by atoms with Gasteiger partial charge in [-0.05, 0) is 47.8 Å². The molecule has 0 saturated carbocycles. The van der Waals surface area contributed by atoms with Crippen molar-refractivity contribution < 1.29 is 4.79 Å². The van der Waals surface area contributed by atoms with Crippen LogP contribution in [0.5, 0.6) is 0 Å². The van der Waals surface area contributed by atoms with Crippen LogP contribution < -0.4 is 0 Å². The number of likely N-dealkylation sites (tertiary alicyclic amines) is 1. The lowest BCUT2D eigenvalue weighted by Crippen LogP contribution is -2.49. The summed E-state index contributed by atoms with van der Waals surface area (Å²) < 4.78 is 0. The maximum Gasteiger partial charge on any atom is 0.219 e. The van der Waals surface area contributed by atoms with E-state index in [2.05, 4.69) is 59.5 Å². The van der Waals surface area contributed by atoms with E-state index in [4.69, 9.17) is 0 Å². The van der Waals surface area contributed by atoms with E-state index in [1.54, 1.807) is 6.92 Å². The van der Waals surface area contributed by atoms with Gasteiger partial charge in [-0.3, -0.25) is 4.79 Å². The molecule has 1 heterocycles. The molecule has 23 heavy (non-hydrogen) atoms. The molecule has 0 N–H and O–H groups in total. The largest absolute Gasteiger partial charge is 0.336 e. The van der Waals surface area contributed by atoms with E-state index in [0.717, 1.165) is 32.2 Å². The lowest BCUT2D eigenvalue weighted by atomic mass is 9.62. The number of hydrogen-bond acceptors (Lipinski definition) is 1. The first-order chi connectivity index (χ1) is 11.2. The van der Waals surface area contributed by atoms with Crippen LogP contribution in [0.15, 0.2) is 54.6 Å². The fraction of sp³-hybridized carbons (Fsp3) is 0.381. The SMILES string of the molecule is CC(=O)N1CC[C@]2(Cc3ccccc3)Cc3ccccc3[C@H]1C2. The van der Waals surface area contributed by atoms with Gasteiger partial charge in [0.25, 0.3) is 0 Å². The van der Waals surface area contributed by atoms with E-state index in [-0.39, 0.29) is 11.9 Å². The number of rotatable bonds is 2. The number of amides is 1. The summed E-state index contributed by atoms with van der Waals surface area (Å²) in [5.74, 6) is 0.208. The van der Waals surface area contributed by atoms with Crippen LogP contribution in [0.25, 0.3) is 0 Å². The maximum absolute atomic E-state index is 12.1. The van der Waals surface area contributed by atoms with Crippen LogP contribution in [-0.2, 0) is 17.6 Å². The zero-order valence-corrected chi connectivity index (χ0v) is 13.7. The fourth-order valence-corrected chi connectivity index (χ4v) is 4.63. The molecule has 0 radical (unpaired) electrons. The molecule has 2 heteroatoms. The zero-order chi connectivity index (χ0) is 15.9. The summed E-state index contributed by atoms with van der Waals surface area (Å²) in [5.41, 5.74) is 4.52. The Balaban J connectivity index is 1.72. The van der Waals surface area contributed by atoms with Gasteiger partial charge >= 0.3 is 0 Å². The van der Waals surface area contributed by atoms with Crippen molar-refractivity contribution in [3.8, 4) is 0 Å². The van der Waals surface area contributed by atoms with Crippen molar-refractivity contribution in [3.63, 3.8) is 0 Å². The standard InChI is InChI=1S/C21H23NO/c1-16(23)22-12-11-21(13-17-7-3-2-4-8-17)14-18-9-5-6-10-19(18)20(22)15-21/h2-10,20H,11-15H2,1H3/t20-,21+/m1/s1. The van der Waals surface area contributed by atoms with Crippen LogP contribution >= 0.6 is 0 Å². The fourth-order valence-electron chi connectivity index (χ4n) is 4.63. The Morgan fingerprint density at radius 2 is 1.87 bits per heavy atom. The van der Waals surface area contributed by atoms with E-state index in [1.165, 1.54) is 16.7 Å². The average molecular weight is 305 g/mol. The molecule has 0 unspecified atom stereocenters. The maximum atomic E-state index is 12.1. The molecule has 0 aromatic heterocycles. The molecule has 2 aliphatic rings. The van der Waals surface area contributed by atoms with Gasteiger partial charge in [0.2, 0.25) is 5.91 Å². The molecular weight excluding hydrogens is 282 g/mol. The smallest absolute Gasteiger partial charge is 0.219 e. The third-order valence-electron chi connectivity index (χ3n) is 5.69. The predicted molar refractivity (Wildman–Crippen MR) is 92.1 cm³/mol. The van der Waals surface area contributed by atoms with Gasteiger partial charge in [-0.2, -0.15) is 0 Å². The summed E-state index contributed by atoms with van der Waals surface area (Å²) in [6.07, 6.45) is 4.45. The second kappa shape index (κ2) is 5.52. The Morgan fingerprint density at radius 3 is 2.65 bits per heavy atom. The highest BCUT2D eigenvalue weighted by atomic mass is 16.2. The molecule has 2 nitrogen and oxygen atoms in total. The summed E-state index contributed by atoms with van der Waals surface area (Å²) >= 11 is 0. The van der Waals surface area contributed by atoms with Crippen LogP contribution in [-0.4, -0.2) is 17.4 Å². The lowest BCUT2D eigenvalue weighted by Gasteiger charge is -2.51.